The second-order valence-corrected chi connectivity index (χ2v) is 5.84. The molecule has 0 aliphatic carbocycles. The van der Waals surface area contributed by atoms with Crippen molar-refractivity contribution in [1.82, 2.24) is 15.1 Å². The van der Waals surface area contributed by atoms with Gasteiger partial charge in [0.1, 0.15) is 5.82 Å². The Morgan fingerprint density at radius 1 is 1.00 bits per heavy atom. The third-order valence-corrected chi connectivity index (χ3v) is 4.07. The van der Waals surface area contributed by atoms with Crippen molar-refractivity contribution in [3.8, 4) is 0 Å². The summed E-state index contributed by atoms with van der Waals surface area (Å²) in [6.07, 6.45) is 4.31. The average Bonchev–Trinajstić information content (AvgIpc) is 3.13. The standard InChI is InChI=1S/C20H20FN3O/c21-19-9-4-3-6-16(19)10-11-20(25)22-14-17-7-1-2-8-18(17)15-24-13-5-12-23-24/h1-9,12-13H,10-11,14-15H2,(H,22,25). The molecule has 4 nitrogen and oxygen atoms in total. The van der Waals surface area contributed by atoms with Gasteiger partial charge < -0.3 is 5.32 Å². The second-order valence-electron chi connectivity index (χ2n) is 5.84. The highest BCUT2D eigenvalue weighted by Gasteiger charge is 2.08. The number of rotatable bonds is 7. The van der Waals surface area contributed by atoms with Crippen LogP contribution in [0.5, 0.6) is 0 Å². The van der Waals surface area contributed by atoms with E-state index in [9.17, 15) is 9.18 Å². The molecule has 1 aromatic heterocycles. The molecular formula is C20H20FN3O. The molecular weight excluding hydrogens is 317 g/mol. The van der Waals surface area contributed by atoms with E-state index in [1.165, 1.54) is 6.07 Å². The van der Waals surface area contributed by atoms with Gasteiger partial charge in [0.2, 0.25) is 5.91 Å². The molecule has 2 aromatic carbocycles. The number of hydrogen-bond donors (Lipinski definition) is 1. The van der Waals surface area contributed by atoms with E-state index >= 15 is 0 Å². The fraction of sp³-hybridized carbons (Fsp3) is 0.200. The normalized spacial score (nSPS) is 10.6. The molecule has 0 unspecified atom stereocenters. The molecule has 0 atom stereocenters. The van der Waals surface area contributed by atoms with Crippen LogP contribution in [-0.4, -0.2) is 15.7 Å². The lowest BCUT2D eigenvalue weighted by molar-refractivity contribution is -0.121. The molecule has 0 fully saturated rings. The van der Waals surface area contributed by atoms with Crippen molar-refractivity contribution >= 4 is 5.91 Å². The number of carbonyl (C=O) groups excluding carboxylic acids is 1. The molecule has 0 bridgehead atoms. The summed E-state index contributed by atoms with van der Waals surface area (Å²) in [6, 6.07) is 16.4. The van der Waals surface area contributed by atoms with Gasteiger partial charge in [0.15, 0.2) is 0 Å². The highest BCUT2D eigenvalue weighted by atomic mass is 19.1. The fourth-order valence-corrected chi connectivity index (χ4v) is 2.68. The van der Waals surface area contributed by atoms with Crippen molar-refractivity contribution in [2.45, 2.75) is 25.9 Å². The third kappa shape index (κ3) is 4.76. The Balaban J connectivity index is 1.54. The van der Waals surface area contributed by atoms with Gasteiger partial charge in [-0.25, -0.2) is 4.39 Å². The third-order valence-electron chi connectivity index (χ3n) is 4.07. The van der Waals surface area contributed by atoms with Crippen LogP contribution in [-0.2, 0) is 24.3 Å². The van der Waals surface area contributed by atoms with Gasteiger partial charge in [0.25, 0.3) is 0 Å². The van der Waals surface area contributed by atoms with Crippen LogP contribution < -0.4 is 5.32 Å². The van der Waals surface area contributed by atoms with Crippen molar-refractivity contribution < 1.29 is 9.18 Å². The van der Waals surface area contributed by atoms with E-state index in [-0.39, 0.29) is 18.1 Å². The molecule has 1 heterocycles. The Morgan fingerprint density at radius 3 is 2.44 bits per heavy atom. The Bertz CT molecular complexity index is 830. The molecule has 1 amide bonds. The lowest BCUT2D eigenvalue weighted by Crippen LogP contribution is -2.24. The highest BCUT2D eigenvalue weighted by molar-refractivity contribution is 5.76. The van der Waals surface area contributed by atoms with Gasteiger partial charge in [-0.1, -0.05) is 42.5 Å². The maximum absolute atomic E-state index is 13.6. The first-order valence-electron chi connectivity index (χ1n) is 8.26. The van der Waals surface area contributed by atoms with Crippen LogP contribution in [0.25, 0.3) is 0 Å². The number of halogens is 1. The molecule has 0 aliphatic rings. The maximum atomic E-state index is 13.6. The molecule has 128 valence electrons. The molecule has 0 aliphatic heterocycles. The first kappa shape index (κ1) is 16.9. The monoisotopic (exact) mass is 337 g/mol. The lowest BCUT2D eigenvalue weighted by atomic mass is 10.1. The first-order chi connectivity index (χ1) is 12.2. The van der Waals surface area contributed by atoms with E-state index in [4.69, 9.17) is 0 Å². The smallest absolute Gasteiger partial charge is 0.220 e. The van der Waals surface area contributed by atoms with E-state index in [1.54, 1.807) is 24.4 Å². The van der Waals surface area contributed by atoms with E-state index < -0.39 is 0 Å². The summed E-state index contributed by atoms with van der Waals surface area (Å²) < 4.78 is 15.4. The fourth-order valence-electron chi connectivity index (χ4n) is 2.68. The summed E-state index contributed by atoms with van der Waals surface area (Å²) in [5, 5.41) is 7.13. The Hall–Kier alpha value is -2.95. The maximum Gasteiger partial charge on any atom is 0.220 e. The van der Waals surface area contributed by atoms with Crippen LogP contribution in [0.2, 0.25) is 0 Å². The zero-order chi connectivity index (χ0) is 17.5. The van der Waals surface area contributed by atoms with Crippen molar-refractivity contribution in [2.75, 3.05) is 0 Å². The second kappa shape index (κ2) is 8.24. The zero-order valence-electron chi connectivity index (χ0n) is 13.9. The molecule has 3 aromatic rings. The van der Waals surface area contributed by atoms with Crippen LogP contribution in [0.4, 0.5) is 4.39 Å². The topological polar surface area (TPSA) is 46.9 Å². The van der Waals surface area contributed by atoms with Crippen LogP contribution in [0.15, 0.2) is 67.0 Å². The Morgan fingerprint density at radius 2 is 1.72 bits per heavy atom. The number of carbonyl (C=O) groups is 1. The molecule has 3 rings (SSSR count). The Labute approximate surface area is 146 Å². The molecule has 1 N–H and O–H groups in total. The van der Waals surface area contributed by atoms with Crippen LogP contribution in [0.3, 0.4) is 0 Å². The van der Waals surface area contributed by atoms with Crippen LogP contribution >= 0.6 is 0 Å². The number of nitrogens with one attached hydrogen (secondary N) is 1. The summed E-state index contributed by atoms with van der Waals surface area (Å²) in [5.41, 5.74) is 2.73. The van der Waals surface area contributed by atoms with Gasteiger partial charge in [-0.05, 0) is 35.2 Å². The van der Waals surface area contributed by atoms with E-state index in [2.05, 4.69) is 10.4 Å². The van der Waals surface area contributed by atoms with Crippen molar-refractivity contribution in [3.63, 3.8) is 0 Å². The highest BCUT2D eigenvalue weighted by Crippen LogP contribution is 2.11. The zero-order valence-corrected chi connectivity index (χ0v) is 13.9. The summed E-state index contributed by atoms with van der Waals surface area (Å²) in [6.45, 7) is 1.11. The Kier molecular flexibility index (Phi) is 5.57. The molecule has 0 radical (unpaired) electrons. The average molecular weight is 337 g/mol. The van der Waals surface area contributed by atoms with E-state index in [0.717, 1.165) is 11.1 Å². The minimum atomic E-state index is -0.264. The largest absolute Gasteiger partial charge is 0.352 e. The van der Waals surface area contributed by atoms with Gasteiger partial charge in [-0.15, -0.1) is 0 Å². The van der Waals surface area contributed by atoms with E-state index in [1.807, 2.05) is 41.2 Å². The predicted molar refractivity (Wildman–Crippen MR) is 94.3 cm³/mol. The summed E-state index contributed by atoms with van der Waals surface area (Å²) >= 11 is 0. The predicted octanol–water partition coefficient (Wildman–Crippen LogP) is 3.32. The van der Waals surface area contributed by atoms with Crippen molar-refractivity contribution in [3.05, 3.63) is 89.5 Å². The van der Waals surface area contributed by atoms with Gasteiger partial charge >= 0.3 is 0 Å². The van der Waals surface area contributed by atoms with Crippen LogP contribution in [0, 0.1) is 5.82 Å². The molecule has 0 saturated carbocycles. The molecule has 0 spiro atoms. The molecule has 25 heavy (non-hydrogen) atoms. The van der Waals surface area contributed by atoms with E-state index in [0.29, 0.717) is 25.1 Å². The van der Waals surface area contributed by atoms with Crippen molar-refractivity contribution in [1.29, 1.82) is 0 Å². The first-order valence-corrected chi connectivity index (χ1v) is 8.26. The number of amides is 1. The summed E-state index contributed by atoms with van der Waals surface area (Å²) in [5.74, 6) is -0.350. The van der Waals surface area contributed by atoms with Gasteiger partial charge in [-0.2, -0.15) is 5.10 Å². The lowest BCUT2D eigenvalue weighted by Gasteiger charge is -2.11. The number of hydrogen-bond acceptors (Lipinski definition) is 2. The van der Waals surface area contributed by atoms with Crippen molar-refractivity contribution in [2.24, 2.45) is 0 Å². The molecule has 0 saturated heterocycles. The quantitative estimate of drug-likeness (QED) is 0.719. The summed E-state index contributed by atoms with van der Waals surface area (Å²) in [7, 11) is 0. The van der Waals surface area contributed by atoms with Crippen LogP contribution in [0.1, 0.15) is 23.1 Å². The molecule has 5 heteroatoms. The van der Waals surface area contributed by atoms with Gasteiger partial charge in [0.05, 0.1) is 6.54 Å². The van der Waals surface area contributed by atoms with Gasteiger partial charge in [0, 0.05) is 25.4 Å². The number of aryl methyl sites for hydroxylation is 1. The minimum absolute atomic E-state index is 0.0860. The van der Waals surface area contributed by atoms with Gasteiger partial charge in [-0.3, -0.25) is 9.48 Å². The summed E-state index contributed by atoms with van der Waals surface area (Å²) in [4.78, 5) is 12.1. The number of aromatic nitrogens is 2. The SMILES string of the molecule is O=C(CCc1ccccc1F)NCc1ccccc1Cn1cccn1. The number of nitrogens with zero attached hydrogens (tertiary/aromatic N) is 2. The number of benzene rings is 2. The minimum Gasteiger partial charge on any atom is -0.352 e.